The fraction of sp³-hybridized carbons (Fsp3) is 0.222. The summed E-state index contributed by atoms with van der Waals surface area (Å²) in [6, 6.07) is 10.6. The topological polar surface area (TPSA) is 12.0 Å². The van der Waals surface area contributed by atoms with E-state index in [0.29, 0.717) is 0 Å². The van der Waals surface area contributed by atoms with Gasteiger partial charge in [-0.3, -0.25) is 0 Å². The van der Waals surface area contributed by atoms with Crippen LogP contribution in [0, 0.1) is 6.07 Å². The van der Waals surface area contributed by atoms with Crippen molar-refractivity contribution in [2.75, 3.05) is 6.54 Å². The molecule has 1 rings (SSSR count). The zero-order valence-corrected chi connectivity index (χ0v) is 7.24. The molecular formula is C9H10NS. The van der Waals surface area contributed by atoms with E-state index in [2.05, 4.69) is 11.4 Å². The Morgan fingerprint density at radius 3 is 2.73 bits per heavy atom. The lowest BCUT2D eigenvalue weighted by Gasteiger charge is -2.03. The van der Waals surface area contributed by atoms with Crippen molar-refractivity contribution in [3.63, 3.8) is 0 Å². The molecule has 0 heterocycles. The second-order valence-electron chi connectivity index (χ2n) is 2.15. The quantitative estimate of drug-likeness (QED) is 0.669. The Balaban J connectivity index is 2.69. The minimum atomic E-state index is 0.807. The lowest BCUT2D eigenvalue weighted by molar-refractivity contribution is 0.983. The Bertz CT molecular complexity index is 231. The standard InChI is InChI=1S/C9H10NS/c1-2-10-9(11)8-6-4-3-5-7-8/h4-7H,2H2,1H3,(H,10,11). The Morgan fingerprint density at radius 1 is 1.55 bits per heavy atom. The van der Waals surface area contributed by atoms with Crippen LogP contribution < -0.4 is 5.32 Å². The van der Waals surface area contributed by atoms with Crippen molar-refractivity contribution in [1.29, 1.82) is 0 Å². The molecule has 0 amide bonds. The highest BCUT2D eigenvalue weighted by atomic mass is 32.1. The van der Waals surface area contributed by atoms with Gasteiger partial charge in [0.25, 0.3) is 0 Å². The maximum absolute atomic E-state index is 5.09. The third kappa shape index (κ3) is 2.31. The van der Waals surface area contributed by atoms with Crippen molar-refractivity contribution in [3.05, 3.63) is 35.9 Å². The molecule has 0 saturated heterocycles. The van der Waals surface area contributed by atoms with E-state index in [-0.39, 0.29) is 0 Å². The van der Waals surface area contributed by atoms with Gasteiger partial charge in [0.05, 0.1) is 0 Å². The molecule has 57 valence electrons. The van der Waals surface area contributed by atoms with Gasteiger partial charge >= 0.3 is 0 Å². The molecule has 2 heteroatoms. The minimum absolute atomic E-state index is 0.807. The highest BCUT2D eigenvalue weighted by Crippen LogP contribution is 1.97. The monoisotopic (exact) mass is 164 g/mol. The molecule has 1 aromatic carbocycles. The molecule has 0 aliphatic heterocycles. The van der Waals surface area contributed by atoms with E-state index < -0.39 is 0 Å². The maximum atomic E-state index is 5.09. The van der Waals surface area contributed by atoms with Gasteiger partial charge in [0.2, 0.25) is 0 Å². The number of thiocarbonyl (C=S) groups is 1. The van der Waals surface area contributed by atoms with Gasteiger partial charge in [0.1, 0.15) is 4.99 Å². The third-order valence-corrected chi connectivity index (χ3v) is 1.70. The summed E-state index contributed by atoms with van der Waals surface area (Å²) in [6.45, 7) is 2.90. The summed E-state index contributed by atoms with van der Waals surface area (Å²) in [6.07, 6.45) is 0. The van der Waals surface area contributed by atoms with Crippen molar-refractivity contribution >= 4 is 17.2 Å². The van der Waals surface area contributed by atoms with E-state index in [1.807, 2.05) is 31.2 Å². The van der Waals surface area contributed by atoms with Gasteiger partial charge in [-0.25, -0.2) is 0 Å². The molecular weight excluding hydrogens is 154 g/mol. The molecule has 11 heavy (non-hydrogen) atoms. The summed E-state index contributed by atoms with van der Waals surface area (Å²) in [5.41, 5.74) is 1.06. The molecule has 0 atom stereocenters. The highest BCUT2D eigenvalue weighted by Gasteiger charge is 1.95. The minimum Gasteiger partial charge on any atom is -0.376 e. The molecule has 0 aliphatic carbocycles. The predicted octanol–water partition coefficient (Wildman–Crippen LogP) is 1.77. The SMILES string of the molecule is CCNC(=S)c1cc[c]cc1. The first-order chi connectivity index (χ1) is 5.34. The Hall–Kier alpha value is -0.890. The second-order valence-corrected chi connectivity index (χ2v) is 2.56. The molecule has 1 nitrogen and oxygen atoms in total. The second kappa shape index (κ2) is 4.09. The van der Waals surface area contributed by atoms with Crippen LogP contribution in [0.4, 0.5) is 0 Å². The van der Waals surface area contributed by atoms with Crippen LogP contribution >= 0.6 is 12.2 Å². The summed E-state index contributed by atoms with van der Waals surface area (Å²) in [5.74, 6) is 0. The van der Waals surface area contributed by atoms with Crippen LogP contribution in [0.15, 0.2) is 24.3 Å². The van der Waals surface area contributed by atoms with E-state index in [1.165, 1.54) is 0 Å². The molecule has 1 N–H and O–H groups in total. The molecule has 1 radical (unpaired) electrons. The average molecular weight is 164 g/mol. The highest BCUT2D eigenvalue weighted by molar-refractivity contribution is 7.80. The predicted molar refractivity (Wildman–Crippen MR) is 50.7 cm³/mol. The molecule has 0 fully saturated rings. The Kier molecular flexibility index (Phi) is 3.05. The first-order valence-corrected chi connectivity index (χ1v) is 3.99. The van der Waals surface area contributed by atoms with Crippen LogP contribution in [0.25, 0.3) is 0 Å². The van der Waals surface area contributed by atoms with Crippen LogP contribution in [0.2, 0.25) is 0 Å². The molecule has 1 aromatic rings. The smallest absolute Gasteiger partial charge is 0.106 e. The fourth-order valence-corrected chi connectivity index (χ4v) is 1.08. The largest absolute Gasteiger partial charge is 0.376 e. The molecule has 0 aromatic heterocycles. The molecule has 0 unspecified atom stereocenters. The van der Waals surface area contributed by atoms with Crippen molar-refractivity contribution < 1.29 is 0 Å². The Morgan fingerprint density at radius 2 is 2.18 bits per heavy atom. The number of benzene rings is 1. The number of hydrogen-bond donors (Lipinski definition) is 1. The number of rotatable bonds is 2. The lowest BCUT2D eigenvalue weighted by Crippen LogP contribution is -2.21. The molecule has 0 saturated carbocycles. The van der Waals surface area contributed by atoms with E-state index >= 15 is 0 Å². The Labute approximate surface area is 72.4 Å². The normalized spacial score (nSPS) is 9.18. The van der Waals surface area contributed by atoms with Gasteiger partial charge in [-0.15, -0.1) is 0 Å². The van der Waals surface area contributed by atoms with E-state index in [4.69, 9.17) is 12.2 Å². The molecule has 0 spiro atoms. The van der Waals surface area contributed by atoms with Gasteiger partial charge in [0.15, 0.2) is 0 Å². The first kappa shape index (κ1) is 8.21. The van der Waals surface area contributed by atoms with Gasteiger partial charge in [-0.05, 0) is 13.0 Å². The maximum Gasteiger partial charge on any atom is 0.106 e. The zero-order valence-electron chi connectivity index (χ0n) is 6.42. The van der Waals surface area contributed by atoms with Crippen LogP contribution in [0.1, 0.15) is 12.5 Å². The van der Waals surface area contributed by atoms with E-state index in [9.17, 15) is 0 Å². The van der Waals surface area contributed by atoms with Gasteiger partial charge in [-0.1, -0.05) is 36.5 Å². The number of hydrogen-bond acceptors (Lipinski definition) is 1. The van der Waals surface area contributed by atoms with Crippen molar-refractivity contribution in [2.45, 2.75) is 6.92 Å². The average Bonchev–Trinajstić information content (AvgIpc) is 2.07. The van der Waals surface area contributed by atoms with Crippen LogP contribution in [0.3, 0.4) is 0 Å². The summed E-state index contributed by atoms with van der Waals surface area (Å²) in [7, 11) is 0. The van der Waals surface area contributed by atoms with Gasteiger partial charge in [-0.2, -0.15) is 0 Å². The summed E-state index contributed by atoms with van der Waals surface area (Å²) in [5, 5.41) is 3.08. The van der Waals surface area contributed by atoms with Crippen LogP contribution in [-0.4, -0.2) is 11.5 Å². The zero-order chi connectivity index (χ0) is 8.10. The first-order valence-electron chi connectivity index (χ1n) is 3.59. The fourth-order valence-electron chi connectivity index (χ4n) is 0.801. The van der Waals surface area contributed by atoms with Crippen LogP contribution in [-0.2, 0) is 0 Å². The summed E-state index contributed by atoms with van der Waals surface area (Å²) < 4.78 is 0. The third-order valence-electron chi connectivity index (χ3n) is 1.32. The van der Waals surface area contributed by atoms with Gasteiger partial charge in [0, 0.05) is 12.1 Å². The summed E-state index contributed by atoms with van der Waals surface area (Å²) >= 11 is 5.09. The van der Waals surface area contributed by atoms with Gasteiger partial charge < -0.3 is 5.32 Å². The van der Waals surface area contributed by atoms with E-state index in [0.717, 1.165) is 17.1 Å². The van der Waals surface area contributed by atoms with Crippen molar-refractivity contribution in [3.8, 4) is 0 Å². The van der Waals surface area contributed by atoms with Crippen LogP contribution in [0.5, 0.6) is 0 Å². The van der Waals surface area contributed by atoms with Crippen molar-refractivity contribution in [1.82, 2.24) is 5.32 Å². The molecule has 0 bridgehead atoms. The van der Waals surface area contributed by atoms with Crippen molar-refractivity contribution in [2.24, 2.45) is 0 Å². The van der Waals surface area contributed by atoms with E-state index in [1.54, 1.807) is 0 Å². The summed E-state index contributed by atoms with van der Waals surface area (Å²) in [4.78, 5) is 0.807. The lowest BCUT2D eigenvalue weighted by atomic mass is 10.2. The number of nitrogens with one attached hydrogen (secondary N) is 1. The molecule has 0 aliphatic rings.